The lowest BCUT2D eigenvalue weighted by atomic mass is 9.92. The molecule has 136 valence electrons. The normalized spacial score (nSPS) is 16.4. The summed E-state index contributed by atoms with van der Waals surface area (Å²) in [4.78, 5) is 2.31. The summed E-state index contributed by atoms with van der Waals surface area (Å²) in [5, 5.41) is 12.6. The van der Waals surface area contributed by atoms with Gasteiger partial charge in [-0.3, -0.25) is 4.90 Å². The Morgan fingerprint density at radius 2 is 1.92 bits per heavy atom. The van der Waals surface area contributed by atoms with E-state index in [2.05, 4.69) is 26.4 Å². The quantitative estimate of drug-likeness (QED) is 0.666. The molecule has 0 amide bonds. The zero-order chi connectivity index (χ0) is 18.1. The fourth-order valence-electron chi connectivity index (χ4n) is 3.42. The molecule has 0 aliphatic carbocycles. The average Bonchev–Trinajstić information content (AvgIpc) is 3.27. The van der Waals surface area contributed by atoms with Gasteiger partial charge >= 0.3 is 0 Å². The van der Waals surface area contributed by atoms with Crippen LogP contribution in [0, 0.1) is 0 Å². The Labute approximate surface area is 152 Å². The molecule has 0 atom stereocenters. The van der Waals surface area contributed by atoms with Crippen LogP contribution in [-0.2, 0) is 23.9 Å². The number of rotatable bonds is 6. The zero-order valence-electron chi connectivity index (χ0n) is 15.2. The van der Waals surface area contributed by atoms with Crippen LogP contribution in [0.5, 0.6) is 5.75 Å². The number of aryl methyl sites for hydroxylation is 1. The van der Waals surface area contributed by atoms with E-state index in [9.17, 15) is 0 Å². The van der Waals surface area contributed by atoms with E-state index in [4.69, 9.17) is 9.47 Å². The van der Waals surface area contributed by atoms with Crippen LogP contribution in [0.4, 0.5) is 0 Å². The van der Waals surface area contributed by atoms with Crippen LogP contribution >= 0.6 is 0 Å². The highest BCUT2D eigenvalue weighted by Crippen LogP contribution is 2.34. The predicted octanol–water partition coefficient (Wildman–Crippen LogP) is 1.37. The van der Waals surface area contributed by atoms with Crippen molar-refractivity contribution in [3.05, 3.63) is 54.4 Å². The van der Waals surface area contributed by atoms with E-state index in [1.54, 1.807) is 20.5 Å². The molecule has 3 heterocycles. The molecule has 1 saturated heterocycles. The molecule has 0 N–H and O–H groups in total. The fourth-order valence-corrected chi connectivity index (χ4v) is 3.42. The van der Waals surface area contributed by atoms with Gasteiger partial charge < -0.3 is 14.0 Å². The maximum Gasteiger partial charge on any atom is 0.167 e. The van der Waals surface area contributed by atoms with Crippen LogP contribution in [0.3, 0.4) is 0 Å². The molecule has 3 aromatic rings. The van der Waals surface area contributed by atoms with Gasteiger partial charge in [0.2, 0.25) is 0 Å². The molecule has 0 spiro atoms. The monoisotopic (exact) mass is 354 g/mol. The summed E-state index contributed by atoms with van der Waals surface area (Å²) in [7, 11) is 5.33. The van der Waals surface area contributed by atoms with Gasteiger partial charge in [0.15, 0.2) is 11.4 Å². The summed E-state index contributed by atoms with van der Waals surface area (Å²) in [5.74, 6) is 1.70. The lowest BCUT2D eigenvalue weighted by molar-refractivity contribution is -0.141. The summed E-state index contributed by atoms with van der Waals surface area (Å²) in [6, 6.07) is 7.84. The van der Waals surface area contributed by atoms with Crippen molar-refractivity contribution < 1.29 is 9.47 Å². The van der Waals surface area contributed by atoms with Gasteiger partial charge in [-0.05, 0) is 24.3 Å². The number of ether oxygens (including phenoxy) is 2. The van der Waals surface area contributed by atoms with E-state index in [0.717, 1.165) is 42.5 Å². The molecule has 2 aromatic heterocycles. The SMILES string of the molecule is COc1ccc(-n2cc(CN3CC(OC)(c4nncn4C)C3)cn2)cc1. The Balaban J connectivity index is 1.42. The van der Waals surface area contributed by atoms with E-state index < -0.39 is 0 Å². The molecule has 1 aromatic carbocycles. The summed E-state index contributed by atoms with van der Waals surface area (Å²) < 4.78 is 14.8. The number of hydrogen-bond donors (Lipinski definition) is 0. The topological polar surface area (TPSA) is 70.2 Å². The highest BCUT2D eigenvalue weighted by Gasteiger charge is 2.48. The van der Waals surface area contributed by atoms with Crippen LogP contribution in [0.25, 0.3) is 5.69 Å². The van der Waals surface area contributed by atoms with Crippen LogP contribution < -0.4 is 4.74 Å². The summed E-state index contributed by atoms with van der Waals surface area (Å²) in [6.07, 6.45) is 5.66. The van der Waals surface area contributed by atoms with Crippen molar-refractivity contribution in [1.82, 2.24) is 29.4 Å². The maximum absolute atomic E-state index is 5.77. The highest BCUT2D eigenvalue weighted by molar-refractivity contribution is 5.37. The van der Waals surface area contributed by atoms with Gasteiger partial charge in [0, 0.05) is 45.6 Å². The Kier molecular flexibility index (Phi) is 4.21. The van der Waals surface area contributed by atoms with Crippen molar-refractivity contribution in [2.75, 3.05) is 27.3 Å². The predicted molar refractivity (Wildman–Crippen MR) is 95.1 cm³/mol. The van der Waals surface area contributed by atoms with E-state index in [1.807, 2.05) is 46.8 Å². The summed E-state index contributed by atoms with van der Waals surface area (Å²) in [6.45, 7) is 2.38. The molecule has 8 nitrogen and oxygen atoms in total. The van der Waals surface area contributed by atoms with E-state index in [-0.39, 0.29) is 5.60 Å². The zero-order valence-corrected chi connectivity index (χ0v) is 15.2. The van der Waals surface area contributed by atoms with Crippen molar-refractivity contribution in [3.8, 4) is 11.4 Å². The van der Waals surface area contributed by atoms with Gasteiger partial charge in [0.1, 0.15) is 12.1 Å². The molecule has 4 rings (SSSR count). The average molecular weight is 354 g/mol. The van der Waals surface area contributed by atoms with Crippen molar-refractivity contribution in [2.45, 2.75) is 12.1 Å². The first-order valence-corrected chi connectivity index (χ1v) is 8.43. The van der Waals surface area contributed by atoms with E-state index in [1.165, 1.54) is 0 Å². The van der Waals surface area contributed by atoms with E-state index in [0.29, 0.717) is 0 Å². The Morgan fingerprint density at radius 1 is 1.15 bits per heavy atom. The van der Waals surface area contributed by atoms with Crippen LogP contribution in [-0.4, -0.2) is 56.8 Å². The Morgan fingerprint density at radius 3 is 2.54 bits per heavy atom. The number of methoxy groups -OCH3 is 2. The minimum atomic E-state index is -0.378. The summed E-state index contributed by atoms with van der Waals surface area (Å²) >= 11 is 0. The van der Waals surface area contributed by atoms with Gasteiger partial charge in [0.25, 0.3) is 0 Å². The molecule has 1 aliphatic heterocycles. The molecule has 0 bridgehead atoms. The largest absolute Gasteiger partial charge is 0.497 e. The minimum Gasteiger partial charge on any atom is -0.497 e. The van der Waals surface area contributed by atoms with E-state index >= 15 is 0 Å². The Hall–Kier alpha value is -2.71. The third-order valence-corrected chi connectivity index (χ3v) is 4.85. The second-order valence-electron chi connectivity index (χ2n) is 6.60. The highest BCUT2D eigenvalue weighted by atomic mass is 16.5. The molecule has 26 heavy (non-hydrogen) atoms. The number of benzene rings is 1. The molecule has 8 heteroatoms. The van der Waals surface area contributed by atoms with Gasteiger partial charge in [-0.2, -0.15) is 5.10 Å². The first-order chi connectivity index (χ1) is 12.6. The van der Waals surface area contributed by atoms with Crippen molar-refractivity contribution in [3.63, 3.8) is 0 Å². The number of likely N-dealkylation sites (tertiary alicyclic amines) is 1. The standard InChI is InChI=1S/C18H22N6O2/c1-22-13-19-21-17(22)18(26-3)11-23(12-18)9-14-8-20-24(10-14)15-4-6-16(25-2)7-5-15/h4-8,10,13H,9,11-12H2,1-3H3. The molecule has 1 fully saturated rings. The lowest BCUT2D eigenvalue weighted by Gasteiger charge is -2.47. The smallest absolute Gasteiger partial charge is 0.167 e. The van der Waals surface area contributed by atoms with Crippen LogP contribution in [0.2, 0.25) is 0 Å². The van der Waals surface area contributed by atoms with Crippen molar-refractivity contribution in [1.29, 1.82) is 0 Å². The van der Waals surface area contributed by atoms with Gasteiger partial charge in [-0.15, -0.1) is 10.2 Å². The maximum atomic E-state index is 5.77. The Bertz CT molecular complexity index is 879. The van der Waals surface area contributed by atoms with Crippen LogP contribution in [0.15, 0.2) is 43.0 Å². The van der Waals surface area contributed by atoms with Gasteiger partial charge in [0.05, 0.1) is 19.0 Å². The molecule has 1 aliphatic rings. The van der Waals surface area contributed by atoms with Crippen molar-refractivity contribution in [2.24, 2.45) is 7.05 Å². The second-order valence-corrected chi connectivity index (χ2v) is 6.60. The molecular formula is C18H22N6O2. The summed E-state index contributed by atoms with van der Waals surface area (Å²) in [5.41, 5.74) is 1.78. The number of aromatic nitrogens is 5. The van der Waals surface area contributed by atoms with Gasteiger partial charge in [-0.1, -0.05) is 0 Å². The molecule has 0 unspecified atom stereocenters. The molecule has 0 saturated carbocycles. The third kappa shape index (κ3) is 2.87. The minimum absolute atomic E-state index is 0.378. The first-order valence-electron chi connectivity index (χ1n) is 8.43. The third-order valence-electron chi connectivity index (χ3n) is 4.85. The molecular weight excluding hydrogens is 332 g/mol. The first kappa shape index (κ1) is 16.7. The lowest BCUT2D eigenvalue weighted by Crippen LogP contribution is -2.60. The number of nitrogens with zero attached hydrogens (tertiary/aromatic N) is 6. The number of hydrogen-bond acceptors (Lipinski definition) is 6. The fraction of sp³-hybridized carbons (Fsp3) is 0.389. The molecule has 0 radical (unpaired) electrons. The van der Waals surface area contributed by atoms with Crippen molar-refractivity contribution >= 4 is 0 Å². The van der Waals surface area contributed by atoms with Gasteiger partial charge in [-0.25, -0.2) is 4.68 Å². The van der Waals surface area contributed by atoms with Crippen LogP contribution in [0.1, 0.15) is 11.4 Å². The second kappa shape index (κ2) is 6.54.